The molecule has 1 saturated heterocycles. The maximum absolute atomic E-state index is 13.4. The van der Waals surface area contributed by atoms with Gasteiger partial charge in [-0.25, -0.2) is 0 Å². The van der Waals surface area contributed by atoms with Gasteiger partial charge in [0.2, 0.25) is 0 Å². The van der Waals surface area contributed by atoms with Crippen molar-refractivity contribution in [3.63, 3.8) is 0 Å². The Morgan fingerprint density at radius 3 is 2.46 bits per heavy atom. The summed E-state index contributed by atoms with van der Waals surface area (Å²) in [5.41, 5.74) is 6.11. The number of hydrogen-bond acceptors (Lipinski definition) is 3. The molecular formula is C29H26N3O2Y-. The molecule has 0 amide bonds. The summed E-state index contributed by atoms with van der Waals surface area (Å²) in [5, 5.41) is 8.21. The number of benzene rings is 3. The zero-order chi connectivity index (χ0) is 22.9. The first-order chi connectivity index (χ1) is 16.5. The van der Waals surface area contributed by atoms with Gasteiger partial charge in [0.1, 0.15) is 17.7 Å². The molecule has 0 saturated carbocycles. The molecule has 2 aliphatic heterocycles. The van der Waals surface area contributed by atoms with E-state index in [1.165, 1.54) is 21.8 Å². The van der Waals surface area contributed by atoms with Crippen molar-refractivity contribution in [2.45, 2.75) is 44.7 Å². The quantitative estimate of drug-likeness (QED) is 0.272. The number of ether oxygens (including phenoxy) is 1. The van der Waals surface area contributed by atoms with Gasteiger partial charge in [0, 0.05) is 62.1 Å². The van der Waals surface area contributed by atoms with Crippen molar-refractivity contribution in [1.82, 2.24) is 14.5 Å². The van der Waals surface area contributed by atoms with Gasteiger partial charge in [0.25, 0.3) is 0 Å². The van der Waals surface area contributed by atoms with Gasteiger partial charge in [-0.2, -0.15) is 12.0 Å². The summed E-state index contributed by atoms with van der Waals surface area (Å²) in [5.74, 6) is 0.468. The van der Waals surface area contributed by atoms with Gasteiger partial charge in [-0.15, -0.1) is 0 Å². The molecule has 2 aromatic heterocycles. The molecule has 4 atom stereocenters. The molecule has 0 unspecified atom stereocenters. The van der Waals surface area contributed by atoms with E-state index in [9.17, 15) is 4.79 Å². The van der Waals surface area contributed by atoms with Gasteiger partial charge in [0.05, 0.1) is 11.0 Å². The number of ketones is 1. The molecule has 4 heterocycles. The zero-order valence-electron chi connectivity index (χ0n) is 20.1. The monoisotopic (exact) mass is 537 g/mol. The van der Waals surface area contributed by atoms with Gasteiger partial charge in [-0.3, -0.25) is 0 Å². The summed E-state index contributed by atoms with van der Waals surface area (Å²) in [6.45, 7) is 4.56. The molecule has 35 heavy (non-hydrogen) atoms. The van der Waals surface area contributed by atoms with Crippen molar-refractivity contribution < 1.29 is 42.2 Å². The van der Waals surface area contributed by atoms with E-state index in [1.807, 2.05) is 0 Å². The van der Waals surface area contributed by atoms with Crippen LogP contribution in [0.5, 0.6) is 0 Å². The second-order valence-corrected chi connectivity index (χ2v) is 10.4. The second-order valence-electron chi connectivity index (χ2n) is 10.4. The summed E-state index contributed by atoms with van der Waals surface area (Å²) >= 11 is 0. The molecule has 2 bridgehead atoms. The van der Waals surface area contributed by atoms with Gasteiger partial charge in [0.15, 0.2) is 0 Å². The first-order valence-corrected chi connectivity index (χ1v) is 12.3. The van der Waals surface area contributed by atoms with Crippen molar-refractivity contribution in [2.24, 2.45) is 5.92 Å². The van der Waals surface area contributed by atoms with Crippen LogP contribution in [0.1, 0.15) is 48.8 Å². The smallest absolute Gasteiger partial charge is 0.148 e. The molecular weight excluding hydrogens is 511 g/mol. The molecule has 5 aromatic rings. The third-order valence-electron chi connectivity index (χ3n) is 8.95. The van der Waals surface area contributed by atoms with E-state index in [0.717, 1.165) is 39.4 Å². The Bertz CT molecular complexity index is 1730. The van der Waals surface area contributed by atoms with Gasteiger partial charge < -0.3 is 24.0 Å². The van der Waals surface area contributed by atoms with E-state index in [-0.39, 0.29) is 50.6 Å². The standard InChI is InChI=1S/C29H26N3O2.Y/c1-15-19(30-3)14-23-31-20-10-6-4-8-16(20)26-25-18(12-13-22(25)33)24-17-9-5-7-11-21(17)32(28(24)27(26)31)29(15,2)34-23;/h4-12,15,19,23,30H,13-14H2,1-3H3;/q-1;/t15-,19-,23-,29+;/m1./s1. The number of carbonyl (C=O) groups is 1. The van der Waals surface area contributed by atoms with Crippen LogP contribution in [0.15, 0.2) is 48.5 Å². The van der Waals surface area contributed by atoms with Crippen LogP contribution in [0.3, 0.4) is 0 Å². The summed E-state index contributed by atoms with van der Waals surface area (Å²) in [6, 6.07) is 17.5. The van der Waals surface area contributed by atoms with E-state index in [0.29, 0.717) is 12.5 Å². The minimum atomic E-state index is -0.540. The maximum atomic E-state index is 13.4. The van der Waals surface area contributed by atoms with Crippen molar-refractivity contribution in [3.05, 3.63) is 66.1 Å². The third kappa shape index (κ3) is 2.43. The molecule has 173 valence electrons. The molecule has 5 nitrogen and oxygen atoms in total. The molecule has 1 fully saturated rings. The molecule has 1 aliphatic carbocycles. The number of fused-ring (bicyclic) bond motifs is 13. The number of rotatable bonds is 1. The molecule has 1 N–H and O–H groups in total. The Morgan fingerprint density at radius 2 is 1.71 bits per heavy atom. The Balaban J connectivity index is 0.00000210. The number of carbonyl (C=O) groups excluding carboxylic acids is 1. The van der Waals surface area contributed by atoms with E-state index < -0.39 is 5.72 Å². The fourth-order valence-corrected chi connectivity index (χ4v) is 7.30. The van der Waals surface area contributed by atoms with Crippen molar-refractivity contribution in [1.29, 1.82) is 0 Å². The SMILES string of the molecule is CN[C@@H]1C[C@H]2O[C@@](C)([C@@H]1C)n1c3ccccc3c3c4c(c5c6ccccc6n2c5c31)C(=O)C[CH-]4.[Y]. The van der Waals surface area contributed by atoms with E-state index >= 15 is 0 Å². The fourth-order valence-electron chi connectivity index (χ4n) is 7.30. The summed E-state index contributed by atoms with van der Waals surface area (Å²) in [6.07, 6.45) is 3.37. The number of nitrogens with one attached hydrogen (secondary N) is 1. The van der Waals surface area contributed by atoms with Gasteiger partial charge in [-0.05, 0) is 48.7 Å². The Kier molecular flexibility index (Phi) is 4.53. The number of aromatic nitrogens is 2. The fraction of sp³-hybridized carbons (Fsp3) is 0.310. The average molecular weight is 537 g/mol. The van der Waals surface area contributed by atoms with Crippen LogP contribution in [-0.4, -0.2) is 28.0 Å². The molecule has 0 spiro atoms. The molecule has 3 aromatic carbocycles. The predicted octanol–water partition coefficient (Wildman–Crippen LogP) is 5.87. The average Bonchev–Trinajstić information content (AvgIpc) is 3.48. The van der Waals surface area contributed by atoms with Gasteiger partial charge >= 0.3 is 0 Å². The minimum absolute atomic E-state index is 0. The van der Waals surface area contributed by atoms with Gasteiger partial charge in [-0.1, -0.05) is 54.3 Å². The summed E-state index contributed by atoms with van der Waals surface area (Å²) in [4.78, 5) is 13.4. The van der Waals surface area contributed by atoms with Crippen LogP contribution in [0.25, 0.3) is 43.6 Å². The third-order valence-corrected chi connectivity index (χ3v) is 8.95. The van der Waals surface area contributed by atoms with Crippen LogP contribution in [0, 0.1) is 12.3 Å². The first-order valence-electron chi connectivity index (χ1n) is 12.3. The minimum Gasteiger partial charge on any atom is -0.332 e. The van der Waals surface area contributed by atoms with Crippen molar-refractivity contribution in [2.75, 3.05) is 7.05 Å². The zero-order valence-corrected chi connectivity index (χ0v) is 23.0. The normalized spacial score (nSPS) is 26.9. The van der Waals surface area contributed by atoms with Crippen molar-refractivity contribution in [3.8, 4) is 0 Å². The van der Waals surface area contributed by atoms with Crippen molar-refractivity contribution >= 4 is 49.4 Å². The van der Waals surface area contributed by atoms with Crippen LogP contribution in [0.4, 0.5) is 0 Å². The Labute approximate surface area is 228 Å². The van der Waals surface area contributed by atoms with E-state index in [1.54, 1.807) is 0 Å². The molecule has 1 radical (unpaired) electrons. The Morgan fingerprint density at radius 1 is 1.03 bits per heavy atom. The summed E-state index contributed by atoms with van der Waals surface area (Å²) in [7, 11) is 2.06. The maximum Gasteiger partial charge on any atom is 0.148 e. The van der Waals surface area contributed by atoms with Crippen LogP contribution >= 0.6 is 0 Å². The second kappa shape index (κ2) is 7.20. The molecule has 8 rings (SSSR count). The number of Topliss-reactive ketones (excluding diaryl/α,β-unsaturated/α-hetero) is 1. The van der Waals surface area contributed by atoms with E-state index in [2.05, 4.69) is 90.3 Å². The van der Waals surface area contributed by atoms with Crippen LogP contribution < -0.4 is 5.32 Å². The largest absolute Gasteiger partial charge is 0.332 e. The first kappa shape index (κ1) is 22.1. The van der Waals surface area contributed by atoms with Crippen LogP contribution in [0.2, 0.25) is 0 Å². The Hall–Kier alpha value is -2.18. The van der Waals surface area contributed by atoms with Crippen LogP contribution in [-0.2, 0) is 43.2 Å². The number of nitrogens with zero attached hydrogens (tertiary/aromatic N) is 2. The summed E-state index contributed by atoms with van der Waals surface area (Å²) < 4.78 is 12.0. The number of para-hydroxylation sites is 2. The molecule has 6 heteroatoms. The number of hydrogen-bond donors (Lipinski definition) is 1. The van der Waals surface area contributed by atoms with E-state index in [4.69, 9.17) is 4.74 Å². The topological polar surface area (TPSA) is 48.2 Å². The molecule has 3 aliphatic rings. The predicted molar refractivity (Wildman–Crippen MR) is 135 cm³/mol.